The van der Waals surface area contributed by atoms with Crippen molar-refractivity contribution in [3.63, 3.8) is 0 Å². The van der Waals surface area contributed by atoms with Crippen LogP contribution in [0.5, 0.6) is 0 Å². The van der Waals surface area contributed by atoms with Crippen molar-refractivity contribution in [1.29, 1.82) is 0 Å². The molecule has 1 amide bonds. The molecule has 0 unspecified atom stereocenters. The van der Waals surface area contributed by atoms with Crippen LogP contribution < -0.4 is 10.2 Å². The number of aliphatic hydroxyl groups excluding tert-OH is 1. The third kappa shape index (κ3) is 4.51. The van der Waals surface area contributed by atoms with Crippen LogP contribution in [-0.4, -0.2) is 57.5 Å². The molecule has 180 valence electrons. The fourth-order valence-electron chi connectivity index (χ4n) is 4.00. The van der Waals surface area contributed by atoms with E-state index in [9.17, 15) is 18.7 Å². The van der Waals surface area contributed by atoms with Crippen molar-refractivity contribution in [1.82, 2.24) is 20.2 Å². The summed E-state index contributed by atoms with van der Waals surface area (Å²) in [4.78, 5) is 22.3. The maximum absolute atomic E-state index is 14.0. The van der Waals surface area contributed by atoms with E-state index in [-0.39, 0.29) is 23.8 Å². The summed E-state index contributed by atoms with van der Waals surface area (Å²) >= 11 is 0. The van der Waals surface area contributed by atoms with Gasteiger partial charge in [-0.15, -0.1) is 0 Å². The number of aromatic amines is 2. The highest BCUT2D eigenvalue weighted by Crippen LogP contribution is 2.30. The van der Waals surface area contributed by atoms with Crippen LogP contribution in [0, 0.1) is 11.6 Å². The number of carbonyl (C=O) groups is 1. The van der Waals surface area contributed by atoms with Gasteiger partial charge in [0, 0.05) is 30.5 Å². The average Bonchev–Trinajstić information content (AvgIpc) is 3.51. The normalized spacial score (nSPS) is 13.7. The lowest BCUT2D eigenvalue weighted by atomic mass is 10.1. The van der Waals surface area contributed by atoms with Gasteiger partial charge in [0.15, 0.2) is 11.5 Å². The Balaban J connectivity index is 1.41. The lowest BCUT2D eigenvalue weighted by Gasteiger charge is -2.28. The Morgan fingerprint density at radius 3 is 2.51 bits per heavy atom. The summed E-state index contributed by atoms with van der Waals surface area (Å²) in [5.74, 6) is -2.64. The van der Waals surface area contributed by atoms with Gasteiger partial charge in [-0.3, -0.25) is 9.89 Å². The number of aromatic nitrogens is 4. The van der Waals surface area contributed by atoms with E-state index in [0.29, 0.717) is 24.6 Å². The number of nitrogens with zero attached hydrogens (tertiary/aromatic N) is 3. The number of ether oxygens (including phenoxy) is 1. The van der Waals surface area contributed by atoms with Gasteiger partial charge in [-0.25, -0.2) is 13.8 Å². The molecule has 5 rings (SSSR count). The van der Waals surface area contributed by atoms with Gasteiger partial charge >= 0.3 is 0 Å². The Hall–Kier alpha value is -4.09. The number of halogens is 2. The quantitative estimate of drug-likeness (QED) is 0.336. The van der Waals surface area contributed by atoms with Crippen molar-refractivity contribution < 1.29 is 23.4 Å². The first kappa shape index (κ1) is 22.7. The molecule has 1 fully saturated rings. The Morgan fingerprint density at radius 1 is 1.11 bits per heavy atom. The Morgan fingerprint density at radius 2 is 1.83 bits per heavy atom. The first-order valence-corrected chi connectivity index (χ1v) is 11.0. The largest absolute Gasteiger partial charge is 0.390 e. The number of amides is 1. The van der Waals surface area contributed by atoms with E-state index >= 15 is 0 Å². The van der Waals surface area contributed by atoms with Gasteiger partial charge in [-0.05, 0) is 24.3 Å². The van der Waals surface area contributed by atoms with E-state index < -0.39 is 23.1 Å². The number of aliphatic hydroxyl groups is 1. The number of hydrogen-bond donors (Lipinski definition) is 4. The highest BCUT2D eigenvalue weighted by molar-refractivity contribution is 6.06. The molecule has 2 aromatic carbocycles. The smallest absolute Gasteiger partial charge is 0.261 e. The maximum atomic E-state index is 14.0. The molecule has 1 aliphatic heterocycles. The van der Waals surface area contributed by atoms with E-state index in [4.69, 9.17) is 4.74 Å². The molecule has 0 atom stereocenters. The molecule has 0 spiro atoms. The molecule has 4 N–H and O–H groups in total. The number of carbonyl (C=O) groups excluding carboxylic acids is 1. The standard InChI is InChI=1S/C24H22F2N6O3/c25-16-2-1-3-17(26)20(16)24(34)29-18-12-27-31-22(18)23-28-19(13-33)21(30-23)14-4-6-15(7-5-14)32-8-10-35-11-9-32/h1-7,12,33H,8-11,13H2,(H,27,31)(H,28,30)(H,29,34). The molecule has 0 radical (unpaired) electrons. The minimum atomic E-state index is -0.976. The second-order valence-corrected chi connectivity index (χ2v) is 7.91. The van der Waals surface area contributed by atoms with Gasteiger partial charge in [0.1, 0.15) is 17.2 Å². The van der Waals surface area contributed by atoms with Gasteiger partial charge < -0.3 is 25.0 Å². The molecule has 0 bridgehead atoms. The molecule has 11 heteroatoms. The summed E-state index contributed by atoms with van der Waals surface area (Å²) in [5, 5.41) is 19.1. The minimum absolute atomic E-state index is 0.171. The minimum Gasteiger partial charge on any atom is -0.390 e. The van der Waals surface area contributed by atoms with Crippen molar-refractivity contribution in [3.8, 4) is 22.8 Å². The third-order valence-electron chi connectivity index (χ3n) is 5.76. The summed E-state index contributed by atoms with van der Waals surface area (Å²) in [5.41, 5.74) is 2.55. The molecule has 0 aliphatic carbocycles. The van der Waals surface area contributed by atoms with Crippen LogP contribution in [0.15, 0.2) is 48.7 Å². The lowest BCUT2D eigenvalue weighted by Crippen LogP contribution is -2.36. The first-order chi connectivity index (χ1) is 17.0. The molecule has 9 nitrogen and oxygen atoms in total. The Labute approximate surface area is 198 Å². The predicted molar refractivity (Wildman–Crippen MR) is 125 cm³/mol. The fourth-order valence-corrected chi connectivity index (χ4v) is 4.00. The van der Waals surface area contributed by atoms with Crippen LogP contribution in [0.25, 0.3) is 22.8 Å². The SMILES string of the molecule is O=C(Nc1c[nH]nc1-c1nc(CO)c(-c2ccc(N3CCOCC3)cc2)[nH]1)c1c(F)cccc1F. The van der Waals surface area contributed by atoms with Crippen molar-refractivity contribution in [3.05, 3.63) is 71.6 Å². The topological polar surface area (TPSA) is 119 Å². The molecule has 0 saturated carbocycles. The number of anilines is 2. The van der Waals surface area contributed by atoms with Gasteiger partial charge in [0.05, 0.1) is 36.9 Å². The number of imidazole rings is 1. The van der Waals surface area contributed by atoms with Crippen LogP contribution in [0.2, 0.25) is 0 Å². The van der Waals surface area contributed by atoms with Crippen LogP contribution >= 0.6 is 0 Å². The van der Waals surface area contributed by atoms with E-state index in [1.165, 1.54) is 12.3 Å². The number of nitrogens with one attached hydrogen (secondary N) is 3. The fraction of sp³-hybridized carbons (Fsp3) is 0.208. The van der Waals surface area contributed by atoms with Gasteiger partial charge in [0.25, 0.3) is 5.91 Å². The molecule has 3 heterocycles. The van der Waals surface area contributed by atoms with E-state index in [1.807, 2.05) is 24.3 Å². The van der Waals surface area contributed by atoms with Gasteiger partial charge in [-0.1, -0.05) is 18.2 Å². The van der Waals surface area contributed by atoms with Crippen LogP contribution in [0.3, 0.4) is 0 Å². The number of hydrogen-bond acceptors (Lipinski definition) is 6. The van der Waals surface area contributed by atoms with Crippen molar-refractivity contribution in [2.75, 3.05) is 36.5 Å². The third-order valence-corrected chi connectivity index (χ3v) is 5.76. The molecular weight excluding hydrogens is 458 g/mol. The van der Waals surface area contributed by atoms with Crippen LogP contribution in [0.1, 0.15) is 16.1 Å². The lowest BCUT2D eigenvalue weighted by molar-refractivity contribution is 0.101. The van der Waals surface area contributed by atoms with Gasteiger partial charge in [0.2, 0.25) is 0 Å². The maximum Gasteiger partial charge on any atom is 0.261 e. The van der Waals surface area contributed by atoms with E-state index in [0.717, 1.165) is 36.5 Å². The van der Waals surface area contributed by atoms with Crippen molar-refractivity contribution in [2.24, 2.45) is 0 Å². The molecule has 4 aromatic rings. The van der Waals surface area contributed by atoms with E-state index in [2.05, 4.69) is 30.4 Å². The number of morpholine rings is 1. The number of benzene rings is 2. The highest BCUT2D eigenvalue weighted by atomic mass is 19.1. The predicted octanol–water partition coefficient (Wildman–Crippen LogP) is 3.33. The van der Waals surface area contributed by atoms with E-state index in [1.54, 1.807) is 0 Å². The summed E-state index contributed by atoms with van der Waals surface area (Å²) < 4.78 is 33.4. The molecule has 35 heavy (non-hydrogen) atoms. The molecule has 1 saturated heterocycles. The second-order valence-electron chi connectivity index (χ2n) is 7.91. The molecule has 1 aliphatic rings. The van der Waals surface area contributed by atoms with Crippen LogP contribution in [0.4, 0.5) is 20.2 Å². The zero-order valence-electron chi connectivity index (χ0n) is 18.5. The average molecular weight is 480 g/mol. The highest BCUT2D eigenvalue weighted by Gasteiger charge is 2.22. The van der Waals surface area contributed by atoms with Crippen LogP contribution in [-0.2, 0) is 11.3 Å². The van der Waals surface area contributed by atoms with Gasteiger partial charge in [-0.2, -0.15) is 5.10 Å². The Kier molecular flexibility index (Phi) is 6.25. The van der Waals surface area contributed by atoms with Crippen molar-refractivity contribution >= 4 is 17.3 Å². The first-order valence-electron chi connectivity index (χ1n) is 11.0. The molecular formula is C24H22F2N6O3. The molecule has 2 aromatic heterocycles. The Bertz CT molecular complexity index is 1330. The summed E-state index contributed by atoms with van der Waals surface area (Å²) in [6.45, 7) is 2.68. The monoisotopic (exact) mass is 480 g/mol. The number of rotatable bonds is 6. The van der Waals surface area contributed by atoms with Crippen molar-refractivity contribution in [2.45, 2.75) is 6.61 Å². The number of H-pyrrole nitrogens is 2. The summed E-state index contributed by atoms with van der Waals surface area (Å²) in [6, 6.07) is 11.0. The zero-order chi connectivity index (χ0) is 24.4. The zero-order valence-corrected chi connectivity index (χ0v) is 18.5. The summed E-state index contributed by atoms with van der Waals surface area (Å²) in [6.07, 6.45) is 1.38. The summed E-state index contributed by atoms with van der Waals surface area (Å²) in [7, 11) is 0. The second kappa shape index (κ2) is 9.65.